The number of carbonyl (C=O) groups excluding carboxylic acids is 2. The summed E-state index contributed by atoms with van der Waals surface area (Å²) in [5.41, 5.74) is 9.00. The van der Waals surface area contributed by atoms with Crippen molar-refractivity contribution in [1.29, 1.82) is 0 Å². The third kappa shape index (κ3) is 2.28. The fourth-order valence-electron chi connectivity index (χ4n) is 2.57. The molecule has 0 aromatic heterocycles. The summed E-state index contributed by atoms with van der Waals surface area (Å²) in [7, 11) is 0. The van der Waals surface area contributed by atoms with Crippen molar-refractivity contribution in [2.75, 3.05) is 18.0 Å². The lowest BCUT2D eigenvalue weighted by Crippen LogP contribution is -2.47. The second kappa shape index (κ2) is 4.77. The Kier molecular flexibility index (Phi) is 3.10. The van der Waals surface area contributed by atoms with Gasteiger partial charge in [0.25, 0.3) is 5.24 Å². The van der Waals surface area contributed by atoms with Crippen molar-refractivity contribution in [1.82, 2.24) is 10.2 Å². The molecule has 1 fully saturated rings. The van der Waals surface area contributed by atoms with Crippen LogP contribution in [0, 0.1) is 0 Å². The second-order valence-corrected chi connectivity index (χ2v) is 5.78. The average molecular weight is 277 g/mol. The molecular weight excluding hydrogens is 262 g/mol. The van der Waals surface area contributed by atoms with E-state index in [1.54, 1.807) is 4.90 Å². The van der Waals surface area contributed by atoms with Gasteiger partial charge < -0.3 is 16.0 Å². The molecule has 3 N–H and O–H groups in total. The number of hydrogen-bond acceptors (Lipinski definition) is 4. The Hall–Kier alpha value is -1.69. The van der Waals surface area contributed by atoms with Gasteiger partial charge in [-0.15, -0.1) is 0 Å². The van der Waals surface area contributed by atoms with E-state index >= 15 is 0 Å². The van der Waals surface area contributed by atoms with Gasteiger partial charge in [0.2, 0.25) is 5.91 Å². The van der Waals surface area contributed by atoms with E-state index in [0.29, 0.717) is 18.8 Å². The number of nitrogens with two attached hydrogens (primary N) is 1. The van der Waals surface area contributed by atoms with Crippen molar-refractivity contribution >= 4 is 28.6 Å². The smallest absolute Gasteiger partial charge is 0.279 e. The number of thioether (sulfide) groups is 1. The Balaban J connectivity index is 1.75. The zero-order valence-electron chi connectivity index (χ0n) is 10.4. The number of benzene rings is 1. The lowest BCUT2D eigenvalue weighted by molar-refractivity contribution is -0.133. The molecule has 2 aliphatic rings. The lowest BCUT2D eigenvalue weighted by atomic mass is 9.97. The van der Waals surface area contributed by atoms with Gasteiger partial charge in [0.1, 0.15) is 6.04 Å². The molecule has 2 aliphatic heterocycles. The molecule has 2 amide bonds. The molecule has 6 heteroatoms. The molecule has 1 unspecified atom stereocenters. The standard InChI is InChI=1S/C13H15N3O2S/c14-10-3-1-2-8-6-16(5-4-9(8)10)12(17)11-7-19-13(18)15-11/h1-3,11H,4-7,14H2,(H,15,18). The maximum atomic E-state index is 12.3. The molecule has 3 rings (SSSR count). The summed E-state index contributed by atoms with van der Waals surface area (Å²) in [6, 6.07) is 5.44. The first-order valence-electron chi connectivity index (χ1n) is 6.23. The molecule has 0 radical (unpaired) electrons. The number of anilines is 1. The Labute approximate surface area is 115 Å². The second-order valence-electron chi connectivity index (χ2n) is 4.79. The Morgan fingerprint density at radius 1 is 1.47 bits per heavy atom. The average Bonchev–Trinajstić information content (AvgIpc) is 2.84. The van der Waals surface area contributed by atoms with Gasteiger partial charge >= 0.3 is 0 Å². The van der Waals surface area contributed by atoms with Crippen molar-refractivity contribution in [2.45, 2.75) is 19.0 Å². The van der Waals surface area contributed by atoms with Crippen LogP contribution in [0.25, 0.3) is 0 Å². The number of fused-ring (bicyclic) bond motifs is 1. The largest absolute Gasteiger partial charge is 0.398 e. The number of amides is 2. The number of rotatable bonds is 1. The van der Waals surface area contributed by atoms with E-state index in [9.17, 15) is 9.59 Å². The minimum atomic E-state index is -0.375. The van der Waals surface area contributed by atoms with Crippen LogP contribution in [0.3, 0.4) is 0 Å². The van der Waals surface area contributed by atoms with E-state index in [1.807, 2.05) is 18.2 Å². The van der Waals surface area contributed by atoms with E-state index in [-0.39, 0.29) is 17.2 Å². The normalized spacial score (nSPS) is 22.0. The third-order valence-corrected chi connectivity index (χ3v) is 4.47. The Morgan fingerprint density at radius 3 is 3.05 bits per heavy atom. The van der Waals surface area contributed by atoms with Gasteiger partial charge in [-0.2, -0.15) is 0 Å². The first-order chi connectivity index (χ1) is 9.15. The van der Waals surface area contributed by atoms with Crippen molar-refractivity contribution < 1.29 is 9.59 Å². The molecule has 1 aromatic rings. The number of carbonyl (C=O) groups is 2. The van der Waals surface area contributed by atoms with Gasteiger partial charge in [-0.1, -0.05) is 23.9 Å². The highest BCUT2D eigenvalue weighted by molar-refractivity contribution is 8.14. The summed E-state index contributed by atoms with van der Waals surface area (Å²) in [5.74, 6) is 0.532. The highest BCUT2D eigenvalue weighted by Crippen LogP contribution is 2.25. The number of hydrogen-bond donors (Lipinski definition) is 2. The summed E-state index contributed by atoms with van der Waals surface area (Å²) >= 11 is 1.17. The molecule has 0 aliphatic carbocycles. The fraction of sp³-hybridized carbons (Fsp3) is 0.385. The van der Waals surface area contributed by atoms with Gasteiger partial charge in [0.05, 0.1) is 0 Å². The molecule has 0 spiro atoms. The molecule has 1 atom stereocenters. The van der Waals surface area contributed by atoms with Gasteiger partial charge in [-0.05, 0) is 23.6 Å². The van der Waals surface area contributed by atoms with Crippen molar-refractivity contribution in [3.05, 3.63) is 29.3 Å². The van der Waals surface area contributed by atoms with Gasteiger partial charge in [0, 0.05) is 24.5 Å². The summed E-state index contributed by atoms with van der Waals surface area (Å²) in [6.45, 7) is 1.24. The monoisotopic (exact) mass is 277 g/mol. The molecule has 1 saturated heterocycles. The third-order valence-electron chi connectivity index (χ3n) is 3.59. The SMILES string of the molecule is Nc1cccc2c1CCN(C(=O)C1CSC(=O)N1)C2. The molecule has 1 aromatic carbocycles. The van der Waals surface area contributed by atoms with Crippen LogP contribution in [0.4, 0.5) is 10.5 Å². The highest BCUT2D eigenvalue weighted by atomic mass is 32.2. The summed E-state index contributed by atoms with van der Waals surface area (Å²) < 4.78 is 0. The first-order valence-corrected chi connectivity index (χ1v) is 7.22. The predicted molar refractivity (Wildman–Crippen MR) is 74.8 cm³/mol. The molecule has 5 nitrogen and oxygen atoms in total. The maximum Gasteiger partial charge on any atom is 0.279 e. The van der Waals surface area contributed by atoms with Crippen LogP contribution in [0.2, 0.25) is 0 Å². The van der Waals surface area contributed by atoms with Gasteiger partial charge in [-0.25, -0.2) is 0 Å². The highest BCUT2D eigenvalue weighted by Gasteiger charge is 2.32. The van der Waals surface area contributed by atoms with Gasteiger partial charge in [-0.3, -0.25) is 9.59 Å². The van der Waals surface area contributed by atoms with E-state index in [4.69, 9.17) is 5.73 Å². The summed E-state index contributed by atoms with van der Waals surface area (Å²) in [4.78, 5) is 25.3. The van der Waals surface area contributed by atoms with Crippen LogP contribution in [0.5, 0.6) is 0 Å². The Bertz CT molecular complexity index is 547. The number of nitrogen functional groups attached to an aromatic ring is 1. The zero-order valence-corrected chi connectivity index (χ0v) is 11.2. The molecular formula is C13H15N3O2S. The van der Waals surface area contributed by atoms with Crippen molar-refractivity contribution in [3.63, 3.8) is 0 Å². The fourth-order valence-corrected chi connectivity index (χ4v) is 3.33. The molecule has 19 heavy (non-hydrogen) atoms. The van der Waals surface area contributed by atoms with Gasteiger partial charge in [0.15, 0.2) is 0 Å². The van der Waals surface area contributed by atoms with E-state index in [0.717, 1.165) is 23.2 Å². The minimum Gasteiger partial charge on any atom is -0.398 e. The lowest BCUT2D eigenvalue weighted by Gasteiger charge is -2.31. The Morgan fingerprint density at radius 2 is 2.32 bits per heavy atom. The van der Waals surface area contributed by atoms with Crippen LogP contribution in [-0.2, 0) is 17.8 Å². The molecule has 2 heterocycles. The topological polar surface area (TPSA) is 75.4 Å². The van der Waals surface area contributed by atoms with Crippen LogP contribution >= 0.6 is 11.8 Å². The quantitative estimate of drug-likeness (QED) is 0.750. The van der Waals surface area contributed by atoms with Crippen LogP contribution in [0.15, 0.2) is 18.2 Å². The van der Waals surface area contributed by atoms with Crippen molar-refractivity contribution in [3.8, 4) is 0 Å². The number of nitrogens with zero attached hydrogens (tertiary/aromatic N) is 1. The maximum absolute atomic E-state index is 12.3. The van der Waals surface area contributed by atoms with E-state index in [2.05, 4.69) is 5.32 Å². The van der Waals surface area contributed by atoms with Crippen molar-refractivity contribution in [2.24, 2.45) is 0 Å². The molecule has 0 saturated carbocycles. The first kappa shape index (κ1) is 12.3. The summed E-state index contributed by atoms with van der Waals surface area (Å²) in [6.07, 6.45) is 0.779. The minimum absolute atomic E-state index is 0.00595. The predicted octanol–water partition coefficient (Wildman–Crippen LogP) is 0.978. The van der Waals surface area contributed by atoms with Crippen LogP contribution < -0.4 is 11.1 Å². The van der Waals surface area contributed by atoms with E-state index < -0.39 is 0 Å². The summed E-state index contributed by atoms with van der Waals surface area (Å²) in [5, 5.41) is 2.58. The number of nitrogens with one attached hydrogen (secondary N) is 1. The van der Waals surface area contributed by atoms with E-state index in [1.165, 1.54) is 11.8 Å². The molecule has 100 valence electrons. The van der Waals surface area contributed by atoms with Crippen LogP contribution in [0.1, 0.15) is 11.1 Å². The molecule has 0 bridgehead atoms. The zero-order chi connectivity index (χ0) is 13.4. The van der Waals surface area contributed by atoms with Crippen LogP contribution in [-0.4, -0.2) is 34.4 Å².